The minimum atomic E-state index is -0.303. The van der Waals surface area contributed by atoms with Gasteiger partial charge in [0.1, 0.15) is 0 Å². The molecule has 0 saturated heterocycles. The summed E-state index contributed by atoms with van der Waals surface area (Å²) >= 11 is 7.38. The number of hydrogen-bond donors (Lipinski definition) is 1. The third kappa shape index (κ3) is 2.02. The van der Waals surface area contributed by atoms with E-state index in [9.17, 15) is 4.79 Å². The third-order valence-electron chi connectivity index (χ3n) is 2.55. The molecule has 0 bridgehead atoms. The van der Waals surface area contributed by atoms with Gasteiger partial charge in [-0.05, 0) is 25.0 Å². The summed E-state index contributed by atoms with van der Waals surface area (Å²) in [5.41, 5.74) is 2.51. The second-order valence-corrected chi connectivity index (χ2v) is 5.74. The van der Waals surface area contributed by atoms with Crippen LogP contribution >= 0.6 is 22.9 Å². The van der Waals surface area contributed by atoms with Crippen molar-refractivity contribution < 1.29 is 4.79 Å². The molecule has 1 amide bonds. The van der Waals surface area contributed by atoms with Crippen LogP contribution in [0.4, 0.5) is 0 Å². The van der Waals surface area contributed by atoms with Crippen molar-refractivity contribution in [3.8, 4) is 0 Å². The zero-order valence-electron chi connectivity index (χ0n) is 8.71. The Bertz CT molecular complexity index is 385. The molecule has 1 fully saturated rings. The van der Waals surface area contributed by atoms with Gasteiger partial charge < -0.3 is 0 Å². The molecule has 3 nitrogen and oxygen atoms in total. The first-order chi connectivity index (χ1) is 7.04. The number of hydrogen-bond acceptors (Lipinski definition) is 3. The van der Waals surface area contributed by atoms with Crippen molar-refractivity contribution in [2.45, 2.75) is 18.3 Å². The van der Waals surface area contributed by atoms with Gasteiger partial charge in [0, 0.05) is 19.0 Å². The van der Waals surface area contributed by atoms with Gasteiger partial charge in [-0.3, -0.25) is 10.2 Å². The fourth-order valence-electron chi connectivity index (χ4n) is 1.59. The van der Waals surface area contributed by atoms with E-state index in [0.29, 0.717) is 0 Å². The van der Waals surface area contributed by atoms with E-state index in [4.69, 9.17) is 11.6 Å². The smallest absolute Gasteiger partial charge is 0.245 e. The predicted octanol–water partition coefficient (Wildman–Crippen LogP) is 2.03. The van der Waals surface area contributed by atoms with E-state index in [1.807, 2.05) is 26.2 Å². The number of rotatable bonds is 3. The van der Waals surface area contributed by atoms with Crippen molar-refractivity contribution in [3.05, 3.63) is 21.3 Å². The quantitative estimate of drug-likeness (QED) is 0.826. The van der Waals surface area contributed by atoms with Crippen LogP contribution in [0.1, 0.15) is 17.7 Å². The molecule has 0 aliphatic heterocycles. The summed E-state index contributed by atoms with van der Waals surface area (Å²) in [6.07, 6.45) is 1.84. The first-order valence-corrected chi connectivity index (χ1v) is 5.98. The lowest BCUT2D eigenvalue weighted by Gasteiger charge is -2.17. The number of carbonyl (C=O) groups is 1. The van der Waals surface area contributed by atoms with Crippen molar-refractivity contribution in [1.82, 2.24) is 10.4 Å². The molecule has 0 aromatic carbocycles. The Labute approximate surface area is 98.0 Å². The summed E-state index contributed by atoms with van der Waals surface area (Å²) in [6.45, 7) is 0. The normalized spacial score (nSPS) is 17.9. The Morgan fingerprint density at radius 2 is 2.20 bits per heavy atom. The standard InChI is InChI=1S/C10H13ClN2OS/c1-13(2)12-9(14)10(5-6-10)7-3-4-8(11)15-7/h3-4H,5-6H2,1-2H3,(H,12,14). The first-order valence-electron chi connectivity index (χ1n) is 4.79. The summed E-state index contributed by atoms with van der Waals surface area (Å²) in [5, 5.41) is 1.68. The topological polar surface area (TPSA) is 32.3 Å². The van der Waals surface area contributed by atoms with E-state index >= 15 is 0 Å². The van der Waals surface area contributed by atoms with Crippen molar-refractivity contribution in [2.24, 2.45) is 0 Å². The van der Waals surface area contributed by atoms with E-state index < -0.39 is 0 Å². The number of nitrogens with zero attached hydrogens (tertiary/aromatic N) is 1. The molecule has 0 radical (unpaired) electrons. The molecule has 0 atom stereocenters. The minimum Gasteiger partial charge on any atom is -0.289 e. The van der Waals surface area contributed by atoms with Gasteiger partial charge >= 0.3 is 0 Å². The van der Waals surface area contributed by atoms with Gasteiger partial charge in [0.25, 0.3) is 0 Å². The van der Waals surface area contributed by atoms with E-state index in [1.165, 1.54) is 11.3 Å². The molecular weight excluding hydrogens is 232 g/mol. The molecular formula is C10H13ClN2OS. The Morgan fingerprint density at radius 1 is 1.53 bits per heavy atom. The Morgan fingerprint density at radius 3 is 2.60 bits per heavy atom. The molecule has 1 aromatic rings. The maximum atomic E-state index is 12.0. The molecule has 1 aliphatic rings. The van der Waals surface area contributed by atoms with Gasteiger partial charge in [0.05, 0.1) is 9.75 Å². The molecule has 0 unspecified atom stereocenters. The van der Waals surface area contributed by atoms with Gasteiger partial charge in [0.15, 0.2) is 0 Å². The predicted molar refractivity (Wildman–Crippen MR) is 62.1 cm³/mol. The van der Waals surface area contributed by atoms with Crippen LogP contribution < -0.4 is 5.43 Å². The summed E-state index contributed by atoms with van der Waals surface area (Å²) in [6, 6.07) is 3.81. The van der Waals surface area contributed by atoms with E-state index in [1.54, 1.807) is 5.01 Å². The average Bonchev–Trinajstić information content (AvgIpc) is 2.84. The number of thiophene rings is 1. The van der Waals surface area contributed by atoms with Crippen LogP contribution in [0.2, 0.25) is 4.34 Å². The molecule has 0 spiro atoms. The molecule has 1 aromatic heterocycles. The summed E-state index contributed by atoms with van der Waals surface area (Å²) in [5.74, 6) is 0.0750. The Balaban J connectivity index is 2.17. The molecule has 15 heavy (non-hydrogen) atoms. The van der Waals surface area contributed by atoms with Gasteiger partial charge in [-0.2, -0.15) is 0 Å². The molecule has 1 saturated carbocycles. The van der Waals surface area contributed by atoms with E-state index in [0.717, 1.165) is 22.1 Å². The number of hydrazine groups is 1. The van der Waals surface area contributed by atoms with Gasteiger partial charge in [-0.15, -0.1) is 11.3 Å². The van der Waals surface area contributed by atoms with Crippen LogP contribution in [-0.2, 0) is 10.2 Å². The molecule has 82 valence electrons. The van der Waals surface area contributed by atoms with Crippen molar-refractivity contribution in [1.29, 1.82) is 0 Å². The molecule has 1 N–H and O–H groups in total. The van der Waals surface area contributed by atoms with Crippen LogP contribution in [0.3, 0.4) is 0 Å². The molecule has 2 rings (SSSR count). The van der Waals surface area contributed by atoms with E-state index in [2.05, 4.69) is 5.43 Å². The van der Waals surface area contributed by atoms with Gasteiger partial charge in [-0.1, -0.05) is 11.6 Å². The lowest BCUT2D eigenvalue weighted by molar-refractivity contribution is -0.127. The number of amides is 1. The highest BCUT2D eigenvalue weighted by Gasteiger charge is 2.52. The maximum absolute atomic E-state index is 12.0. The summed E-state index contributed by atoms with van der Waals surface area (Å²) in [7, 11) is 3.63. The maximum Gasteiger partial charge on any atom is 0.245 e. The molecule has 1 aliphatic carbocycles. The number of carbonyl (C=O) groups excluding carboxylic acids is 1. The molecule has 5 heteroatoms. The lowest BCUT2D eigenvalue weighted by atomic mass is 10.0. The van der Waals surface area contributed by atoms with Crippen molar-refractivity contribution >= 4 is 28.8 Å². The summed E-state index contributed by atoms with van der Waals surface area (Å²) in [4.78, 5) is 13.0. The first kappa shape index (κ1) is 10.9. The fourth-order valence-corrected chi connectivity index (χ4v) is 2.88. The van der Waals surface area contributed by atoms with Crippen LogP contribution in [0, 0.1) is 0 Å². The van der Waals surface area contributed by atoms with Gasteiger partial charge in [0.2, 0.25) is 5.91 Å². The zero-order chi connectivity index (χ0) is 11.1. The van der Waals surface area contributed by atoms with Crippen LogP contribution in [-0.4, -0.2) is 25.0 Å². The Kier molecular flexibility index (Phi) is 2.75. The SMILES string of the molecule is CN(C)NC(=O)C1(c2ccc(Cl)s2)CC1. The fraction of sp³-hybridized carbons (Fsp3) is 0.500. The van der Waals surface area contributed by atoms with Gasteiger partial charge in [-0.25, -0.2) is 5.01 Å². The average molecular weight is 245 g/mol. The Hall–Kier alpha value is -0.580. The molecule has 1 heterocycles. The summed E-state index contributed by atoms with van der Waals surface area (Å²) < 4.78 is 0.744. The van der Waals surface area contributed by atoms with Crippen LogP contribution in [0.5, 0.6) is 0 Å². The van der Waals surface area contributed by atoms with Crippen molar-refractivity contribution in [3.63, 3.8) is 0 Å². The largest absolute Gasteiger partial charge is 0.289 e. The highest BCUT2D eigenvalue weighted by atomic mass is 35.5. The minimum absolute atomic E-state index is 0.0750. The number of halogens is 1. The zero-order valence-corrected chi connectivity index (χ0v) is 10.3. The second-order valence-electron chi connectivity index (χ2n) is 4.02. The van der Waals surface area contributed by atoms with E-state index in [-0.39, 0.29) is 11.3 Å². The van der Waals surface area contributed by atoms with Crippen LogP contribution in [0.15, 0.2) is 12.1 Å². The van der Waals surface area contributed by atoms with Crippen LogP contribution in [0.25, 0.3) is 0 Å². The highest BCUT2D eigenvalue weighted by Crippen LogP contribution is 2.51. The second kappa shape index (κ2) is 3.77. The lowest BCUT2D eigenvalue weighted by Crippen LogP contribution is -2.42. The monoisotopic (exact) mass is 244 g/mol. The van der Waals surface area contributed by atoms with Crippen molar-refractivity contribution in [2.75, 3.05) is 14.1 Å². The highest BCUT2D eigenvalue weighted by molar-refractivity contribution is 7.16. The number of nitrogens with one attached hydrogen (secondary N) is 1. The third-order valence-corrected chi connectivity index (χ3v) is 3.99.